The lowest BCUT2D eigenvalue weighted by atomic mass is 10.3. The van der Waals surface area contributed by atoms with Gasteiger partial charge >= 0.3 is 0 Å². The molecule has 3 aromatic rings. The van der Waals surface area contributed by atoms with E-state index < -0.39 is 0 Å². The third-order valence-electron chi connectivity index (χ3n) is 5.74. The molecule has 10 heteroatoms. The van der Waals surface area contributed by atoms with Gasteiger partial charge in [-0.2, -0.15) is 10.1 Å². The highest BCUT2D eigenvalue weighted by Gasteiger charge is 2.56. The first kappa shape index (κ1) is 15.6. The number of rotatable bonds is 1. The molecule has 0 unspecified atom stereocenters. The lowest BCUT2D eigenvalue weighted by Gasteiger charge is -2.08. The molecule has 1 saturated carbocycles. The van der Waals surface area contributed by atoms with Gasteiger partial charge in [-0.15, -0.1) is 5.10 Å². The lowest BCUT2D eigenvalue weighted by molar-refractivity contribution is 0.149. The molecule has 2 bridgehead atoms. The van der Waals surface area contributed by atoms with Crippen LogP contribution in [0.1, 0.15) is 18.2 Å². The molecule has 1 saturated heterocycles. The average molecular weight is 388 g/mol. The molecule has 9 nitrogen and oxygen atoms in total. The van der Waals surface area contributed by atoms with E-state index in [2.05, 4.69) is 32.0 Å². The summed E-state index contributed by atoms with van der Waals surface area (Å²) in [6.07, 6.45) is 2.48. The van der Waals surface area contributed by atoms with Gasteiger partial charge in [0.2, 0.25) is 5.95 Å². The number of halogens is 1. The van der Waals surface area contributed by atoms with Gasteiger partial charge in [-0.3, -0.25) is 4.68 Å². The summed E-state index contributed by atoms with van der Waals surface area (Å²) in [7, 11) is 0. The van der Waals surface area contributed by atoms with Crippen molar-refractivity contribution in [2.75, 3.05) is 25.1 Å². The van der Waals surface area contributed by atoms with Crippen LogP contribution in [0.3, 0.4) is 0 Å². The molecule has 2 fully saturated rings. The Morgan fingerprint density at radius 3 is 2.96 bits per heavy atom. The van der Waals surface area contributed by atoms with Crippen molar-refractivity contribution in [1.82, 2.24) is 29.5 Å². The first-order chi connectivity index (χ1) is 13.2. The van der Waals surface area contributed by atoms with Crippen LogP contribution < -0.4 is 10.1 Å². The van der Waals surface area contributed by atoms with E-state index in [9.17, 15) is 0 Å². The van der Waals surface area contributed by atoms with Gasteiger partial charge in [-0.05, 0) is 6.92 Å². The van der Waals surface area contributed by atoms with Crippen molar-refractivity contribution in [3.8, 4) is 5.88 Å². The normalized spacial score (nSPS) is 26.2. The fourth-order valence-corrected chi connectivity index (χ4v) is 4.46. The molecular formula is C17H18ClN7O2. The summed E-state index contributed by atoms with van der Waals surface area (Å²) in [5.41, 5.74) is 2.57. The zero-order valence-electron chi connectivity index (χ0n) is 14.7. The predicted octanol–water partition coefficient (Wildman–Crippen LogP) is 2.33. The average Bonchev–Trinajstić information content (AvgIpc) is 2.97. The quantitative estimate of drug-likeness (QED) is 0.685. The van der Waals surface area contributed by atoms with Crippen molar-refractivity contribution in [3.05, 3.63) is 17.0 Å². The van der Waals surface area contributed by atoms with Crippen LogP contribution in [0, 0.1) is 18.8 Å². The highest BCUT2D eigenvalue weighted by Crippen LogP contribution is 2.55. The van der Waals surface area contributed by atoms with Gasteiger partial charge in [0.1, 0.15) is 5.69 Å². The lowest BCUT2D eigenvalue weighted by Crippen LogP contribution is -2.09. The maximum Gasteiger partial charge on any atom is 0.257 e. The maximum absolute atomic E-state index is 6.21. The molecule has 27 heavy (non-hydrogen) atoms. The molecule has 1 N–H and O–H groups in total. The van der Waals surface area contributed by atoms with Gasteiger partial charge in [-0.1, -0.05) is 11.6 Å². The second kappa shape index (κ2) is 5.56. The fraction of sp³-hybridized carbons (Fsp3) is 0.529. The van der Waals surface area contributed by atoms with Crippen molar-refractivity contribution in [2.24, 2.45) is 11.8 Å². The Morgan fingerprint density at radius 1 is 1.26 bits per heavy atom. The molecule has 6 rings (SSSR count). The zero-order valence-corrected chi connectivity index (χ0v) is 15.5. The number of hydrogen-bond acceptors (Lipinski definition) is 7. The van der Waals surface area contributed by atoms with Crippen LogP contribution in [0.4, 0.5) is 11.6 Å². The Kier molecular flexibility index (Phi) is 3.22. The topological polar surface area (TPSA) is 91.9 Å². The van der Waals surface area contributed by atoms with Crippen LogP contribution >= 0.6 is 11.6 Å². The van der Waals surface area contributed by atoms with Crippen molar-refractivity contribution in [2.45, 2.75) is 25.9 Å². The number of anilines is 2. The molecule has 0 amide bonds. The van der Waals surface area contributed by atoms with Crippen molar-refractivity contribution in [1.29, 1.82) is 0 Å². The molecule has 140 valence electrons. The minimum atomic E-state index is 0.396. The summed E-state index contributed by atoms with van der Waals surface area (Å²) < 4.78 is 15.4. The fourth-order valence-electron chi connectivity index (χ4n) is 4.23. The van der Waals surface area contributed by atoms with Crippen LogP contribution in [-0.4, -0.2) is 49.3 Å². The molecule has 0 spiro atoms. The Bertz CT molecular complexity index is 1050. The molecule has 2 aliphatic heterocycles. The summed E-state index contributed by atoms with van der Waals surface area (Å²) in [6.45, 7) is 4.89. The monoisotopic (exact) mass is 387 g/mol. The first-order valence-electron chi connectivity index (χ1n) is 9.16. The molecule has 3 atom stereocenters. The molecule has 3 aliphatic rings. The van der Waals surface area contributed by atoms with Gasteiger partial charge in [0, 0.05) is 31.0 Å². The molecular weight excluding hydrogens is 370 g/mol. The van der Waals surface area contributed by atoms with Gasteiger partial charge in [-0.25, -0.2) is 9.67 Å². The summed E-state index contributed by atoms with van der Waals surface area (Å²) >= 11 is 6.21. The minimum Gasteiger partial charge on any atom is -0.475 e. The first-order valence-corrected chi connectivity index (χ1v) is 9.54. The Morgan fingerprint density at radius 2 is 2.11 bits per heavy atom. The van der Waals surface area contributed by atoms with E-state index in [0.717, 1.165) is 42.0 Å². The molecule has 3 aromatic heterocycles. The van der Waals surface area contributed by atoms with Crippen LogP contribution in [0.15, 0.2) is 6.20 Å². The van der Waals surface area contributed by atoms with E-state index in [1.54, 1.807) is 10.9 Å². The number of nitrogens with one attached hydrogen (secondary N) is 1. The molecule has 0 radical (unpaired) electrons. The predicted molar refractivity (Wildman–Crippen MR) is 97.5 cm³/mol. The van der Waals surface area contributed by atoms with E-state index >= 15 is 0 Å². The van der Waals surface area contributed by atoms with E-state index in [-0.39, 0.29) is 0 Å². The Balaban J connectivity index is 1.43. The van der Waals surface area contributed by atoms with E-state index in [0.29, 0.717) is 48.0 Å². The zero-order chi connectivity index (χ0) is 18.1. The molecule has 5 heterocycles. The summed E-state index contributed by atoms with van der Waals surface area (Å²) in [6, 6.07) is 0.396. The highest BCUT2D eigenvalue weighted by atomic mass is 35.5. The largest absolute Gasteiger partial charge is 0.475 e. The van der Waals surface area contributed by atoms with E-state index in [1.165, 1.54) is 0 Å². The number of hydrogen-bond donors (Lipinski definition) is 1. The number of aryl methyl sites for hydroxylation is 1. The van der Waals surface area contributed by atoms with Crippen LogP contribution in [0.2, 0.25) is 5.15 Å². The third kappa shape index (κ3) is 2.28. The second-order valence-electron chi connectivity index (χ2n) is 7.34. The number of nitrogens with zero attached hydrogens (tertiary/aromatic N) is 6. The summed E-state index contributed by atoms with van der Waals surface area (Å²) in [5, 5.41) is 13.6. The van der Waals surface area contributed by atoms with E-state index in [4.69, 9.17) is 26.2 Å². The Labute approximate surface area is 159 Å². The number of ether oxygens (including phenoxy) is 2. The summed E-state index contributed by atoms with van der Waals surface area (Å²) in [4.78, 5) is 9.03. The van der Waals surface area contributed by atoms with Crippen molar-refractivity contribution >= 4 is 34.3 Å². The molecule has 1 aliphatic carbocycles. The summed E-state index contributed by atoms with van der Waals surface area (Å²) in [5.74, 6) is 2.20. The van der Waals surface area contributed by atoms with Gasteiger partial charge in [0.15, 0.2) is 10.8 Å². The van der Waals surface area contributed by atoms with Gasteiger partial charge in [0.05, 0.1) is 36.9 Å². The SMILES string of the molecule is Cc1c2c(nn1[C@H]1[C@@H]3COC[C@@H]31)OCCCn1nc(Cl)c3cnc(nc31)N2. The van der Waals surface area contributed by atoms with Crippen molar-refractivity contribution < 1.29 is 9.47 Å². The highest BCUT2D eigenvalue weighted by molar-refractivity contribution is 6.34. The van der Waals surface area contributed by atoms with Gasteiger partial charge in [0.25, 0.3) is 5.88 Å². The van der Waals surface area contributed by atoms with Gasteiger partial charge < -0.3 is 14.8 Å². The number of fused-ring (bicyclic) bond motifs is 3. The smallest absolute Gasteiger partial charge is 0.257 e. The Hall–Kier alpha value is -2.39. The maximum atomic E-state index is 6.21. The van der Waals surface area contributed by atoms with E-state index in [1.807, 2.05) is 0 Å². The molecule has 0 aromatic carbocycles. The minimum absolute atomic E-state index is 0.396. The second-order valence-corrected chi connectivity index (χ2v) is 7.70. The number of aromatic nitrogens is 6. The van der Waals surface area contributed by atoms with Crippen LogP contribution in [-0.2, 0) is 11.3 Å². The third-order valence-corrected chi connectivity index (χ3v) is 6.02. The van der Waals surface area contributed by atoms with Crippen molar-refractivity contribution in [3.63, 3.8) is 0 Å². The standard InChI is InChI=1S/C17H18ClN7O2/c1-8-12-16(23-25(8)13-10-6-26-7-11(10)13)27-4-2-3-24-15-9(14(18)22-24)5-19-17(20-12)21-15/h5,10-11,13H,2-4,6-7H2,1H3,(H,19,20,21)/t10-,11+,13+. The van der Waals surface area contributed by atoms with Crippen LogP contribution in [0.25, 0.3) is 11.0 Å². The van der Waals surface area contributed by atoms with Crippen LogP contribution in [0.5, 0.6) is 5.88 Å².